The van der Waals surface area contributed by atoms with Gasteiger partial charge >= 0.3 is 0 Å². The Balaban J connectivity index is 1.48. The topological polar surface area (TPSA) is 52.8 Å². The summed E-state index contributed by atoms with van der Waals surface area (Å²) in [5.41, 5.74) is 0. The molecule has 0 N–H and O–H groups in total. The average molecular weight is 336 g/mol. The number of tetrazole rings is 1. The minimum atomic E-state index is -0.269. The van der Waals surface area contributed by atoms with E-state index >= 15 is 0 Å². The number of rotatable bonds is 7. The first kappa shape index (κ1) is 15.0. The minimum Gasteiger partial charge on any atom is -0.493 e. The molecular formula is C14H13FN4OS2. The summed E-state index contributed by atoms with van der Waals surface area (Å²) >= 11 is 3.21. The van der Waals surface area contributed by atoms with Gasteiger partial charge in [0.2, 0.25) is 5.16 Å². The van der Waals surface area contributed by atoms with E-state index in [0.29, 0.717) is 24.7 Å². The van der Waals surface area contributed by atoms with Crippen LogP contribution in [0.1, 0.15) is 4.88 Å². The molecule has 0 aliphatic carbocycles. The molecule has 0 atom stereocenters. The molecule has 1 aromatic carbocycles. The Kier molecular flexibility index (Phi) is 5.02. The van der Waals surface area contributed by atoms with E-state index in [9.17, 15) is 4.39 Å². The molecule has 3 aromatic rings. The fourth-order valence-electron chi connectivity index (χ4n) is 1.77. The molecular weight excluding hydrogens is 323 g/mol. The summed E-state index contributed by atoms with van der Waals surface area (Å²) in [6, 6.07) is 10.0. The van der Waals surface area contributed by atoms with E-state index in [1.165, 1.54) is 28.8 Å². The number of halogens is 1. The highest BCUT2D eigenvalue weighted by atomic mass is 32.2. The Morgan fingerprint density at radius 3 is 2.86 bits per heavy atom. The van der Waals surface area contributed by atoms with Gasteiger partial charge < -0.3 is 4.74 Å². The Labute approximate surface area is 135 Å². The van der Waals surface area contributed by atoms with Crippen LogP contribution < -0.4 is 4.74 Å². The van der Waals surface area contributed by atoms with E-state index in [2.05, 4.69) is 21.6 Å². The number of hydrogen-bond donors (Lipinski definition) is 0. The van der Waals surface area contributed by atoms with Crippen molar-refractivity contribution < 1.29 is 9.13 Å². The lowest BCUT2D eigenvalue weighted by molar-refractivity contribution is 0.343. The lowest BCUT2D eigenvalue weighted by atomic mass is 10.3. The number of hydrogen-bond acceptors (Lipinski definition) is 6. The molecule has 0 aliphatic heterocycles. The van der Waals surface area contributed by atoms with Crippen LogP contribution in [0.5, 0.6) is 5.75 Å². The number of ether oxygens (including phenoxy) is 1. The zero-order chi connectivity index (χ0) is 15.2. The smallest absolute Gasteiger partial charge is 0.209 e. The highest BCUT2D eigenvalue weighted by Crippen LogP contribution is 2.18. The van der Waals surface area contributed by atoms with E-state index in [1.807, 2.05) is 11.4 Å². The minimum absolute atomic E-state index is 0.269. The Morgan fingerprint density at radius 2 is 2.09 bits per heavy atom. The molecule has 0 saturated heterocycles. The summed E-state index contributed by atoms with van der Waals surface area (Å²) in [4.78, 5) is 1.21. The molecule has 0 aliphatic rings. The predicted octanol–water partition coefficient (Wildman–Crippen LogP) is 3.09. The molecule has 5 nitrogen and oxygen atoms in total. The second-order valence-corrected chi connectivity index (χ2v) is 6.44. The van der Waals surface area contributed by atoms with Crippen LogP contribution in [0.4, 0.5) is 4.39 Å². The first-order valence-electron chi connectivity index (χ1n) is 6.61. The molecule has 0 radical (unpaired) electrons. The monoisotopic (exact) mass is 336 g/mol. The summed E-state index contributed by atoms with van der Waals surface area (Å²) in [7, 11) is 0. The molecule has 22 heavy (non-hydrogen) atoms. The maximum Gasteiger partial charge on any atom is 0.209 e. The van der Waals surface area contributed by atoms with Crippen molar-refractivity contribution in [2.24, 2.45) is 0 Å². The number of benzene rings is 1. The third-order valence-electron chi connectivity index (χ3n) is 2.78. The van der Waals surface area contributed by atoms with Crippen molar-refractivity contribution >= 4 is 23.1 Å². The standard InChI is InChI=1S/C14H13FN4OS2/c15-11-3-5-12(6-4-11)20-7-9-22-14-16-17-18-19(14)10-13-2-1-8-21-13/h1-6,8H,7,9-10H2. The van der Waals surface area contributed by atoms with Gasteiger partial charge in [0.25, 0.3) is 0 Å². The largest absolute Gasteiger partial charge is 0.493 e. The fourth-order valence-corrected chi connectivity index (χ4v) is 3.15. The SMILES string of the molecule is Fc1ccc(OCCSc2nnnn2Cc2cccs2)cc1. The lowest BCUT2D eigenvalue weighted by Gasteiger charge is -2.06. The van der Waals surface area contributed by atoms with Gasteiger partial charge in [0.05, 0.1) is 13.2 Å². The van der Waals surface area contributed by atoms with Gasteiger partial charge in [0.15, 0.2) is 0 Å². The molecule has 0 fully saturated rings. The van der Waals surface area contributed by atoms with Crippen LogP contribution in [-0.2, 0) is 6.54 Å². The fraction of sp³-hybridized carbons (Fsp3) is 0.214. The van der Waals surface area contributed by atoms with Crippen LogP contribution in [0.15, 0.2) is 46.9 Å². The van der Waals surface area contributed by atoms with Crippen LogP contribution in [0.25, 0.3) is 0 Å². The van der Waals surface area contributed by atoms with E-state index in [1.54, 1.807) is 28.2 Å². The summed E-state index contributed by atoms with van der Waals surface area (Å²) in [6.07, 6.45) is 0. The van der Waals surface area contributed by atoms with Crippen molar-refractivity contribution in [2.45, 2.75) is 11.7 Å². The number of nitrogens with zero attached hydrogens (tertiary/aromatic N) is 4. The molecule has 2 aromatic heterocycles. The van der Waals surface area contributed by atoms with Crippen molar-refractivity contribution in [3.63, 3.8) is 0 Å². The third-order valence-corrected chi connectivity index (χ3v) is 4.56. The van der Waals surface area contributed by atoms with E-state index in [-0.39, 0.29) is 5.82 Å². The first-order chi connectivity index (χ1) is 10.8. The van der Waals surface area contributed by atoms with Gasteiger partial charge in [0.1, 0.15) is 11.6 Å². The number of thioether (sulfide) groups is 1. The van der Waals surface area contributed by atoms with Crippen molar-refractivity contribution in [3.05, 3.63) is 52.5 Å². The Hall–Kier alpha value is -1.93. The molecule has 3 rings (SSSR count). The summed E-state index contributed by atoms with van der Waals surface area (Å²) in [5, 5.41) is 14.5. The normalized spacial score (nSPS) is 10.8. The summed E-state index contributed by atoms with van der Waals surface area (Å²) in [5.74, 6) is 1.09. The van der Waals surface area contributed by atoms with E-state index < -0.39 is 0 Å². The van der Waals surface area contributed by atoms with Crippen LogP contribution >= 0.6 is 23.1 Å². The summed E-state index contributed by atoms with van der Waals surface area (Å²) in [6.45, 7) is 1.17. The maximum atomic E-state index is 12.8. The van der Waals surface area contributed by atoms with Crippen molar-refractivity contribution in [3.8, 4) is 5.75 Å². The van der Waals surface area contributed by atoms with Gasteiger partial charge in [-0.15, -0.1) is 16.4 Å². The predicted molar refractivity (Wildman–Crippen MR) is 83.9 cm³/mol. The molecule has 0 saturated carbocycles. The zero-order valence-corrected chi connectivity index (χ0v) is 13.2. The maximum absolute atomic E-state index is 12.8. The second-order valence-electron chi connectivity index (χ2n) is 4.35. The van der Waals surface area contributed by atoms with Crippen LogP contribution in [0.2, 0.25) is 0 Å². The van der Waals surface area contributed by atoms with Crippen molar-refractivity contribution in [1.29, 1.82) is 0 Å². The van der Waals surface area contributed by atoms with Crippen LogP contribution in [-0.4, -0.2) is 32.6 Å². The molecule has 0 spiro atoms. The summed E-state index contributed by atoms with van der Waals surface area (Å²) < 4.78 is 20.1. The van der Waals surface area contributed by atoms with Crippen LogP contribution in [0.3, 0.4) is 0 Å². The van der Waals surface area contributed by atoms with Crippen LogP contribution in [0, 0.1) is 5.82 Å². The van der Waals surface area contributed by atoms with Gasteiger partial charge in [-0.05, 0) is 46.1 Å². The third kappa shape index (κ3) is 4.05. The first-order valence-corrected chi connectivity index (χ1v) is 8.47. The molecule has 114 valence electrons. The van der Waals surface area contributed by atoms with Gasteiger partial charge in [-0.1, -0.05) is 17.8 Å². The molecule has 8 heteroatoms. The van der Waals surface area contributed by atoms with Gasteiger partial charge in [-0.2, -0.15) is 0 Å². The molecule has 0 amide bonds. The number of aromatic nitrogens is 4. The number of thiophene rings is 1. The highest BCUT2D eigenvalue weighted by molar-refractivity contribution is 7.99. The molecule has 2 heterocycles. The molecule has 0 unspecified atom stereocenters. The lowest BCUT2D eigenvalue weighted by Crippen LogP contribution is -2.05. The Bertz CT molecular complexity index is 700. The quantitative estimate of drug-likeness (QED) is 0.490. The van der Waals surface area contributed by atoms with E-state index in [0.717, 1.165) is 5.16 Å². The van der Waals surface area contributed by atoms with Crippen molar-refractivity contribution in [2.75, 3.05) is 12.4 Å². The average Bonchev–Trinajstić information content (AvgIpc) is 3.18. The Morgan fingerprint density at radius 1 is 1.23 bits per heavy atom. The second kappa shape index (κ2) is 7.37. The molecule has 0 bridgehead atoms. The zero-order valence-electron chi connectivity index (χ0n) is 11.6. The van der Waals surface area contributed by atoms with Gasteiger partial charge in [-0.25, -0.2) is 9.07 Å². The van der Waals surface area contributed by atoms with Gasteiger partial charge in [-0.3, -0.25) is 0 Å². The highest BCUT2D eigenvalue weighted by Gasteiger charge is 2.08. The van der Waals surface area contributed by atoms with Gasteiger partial charge in [0, 0.05) is 10.6 Å². The van der Waals surface area contributed by atoms with E-state index in [4.69, 9.17) is 4.74 Å². The van der Waals surface area contributed by atoms with Crippen molar-refractivity contribution in [1.82, 2.24) is 20.2 Å².